The Kier molecular flexibility index (Phi) is 4.54. The van der Waals surface area contributed by atoms with Crippen molar-refractivity contribution < 1.29 is 9.50 Å². The molecular formula is C14H11Br2FO. The van der Waals surface area contributed by atoms with Crippen molar-refractivity contribution in [2.45, 2.75) is 12.5 Å². The monoisotopic (exact) mass is 372 g/mol. The lowest BCUT2D eigenvalue weighted by molar-refractivity contribution is 0.178. The summed E-state index contributed by atoms with van der Waals surface area (Å²) >= 11 is 6.70. The molecule has 18 heavy (non-hydrogen) atoms. The van der Waals surface area contributed by atoms with Gasteiger partial charge in [-0.1, -0.05) is 44.0 Å². The maximum Gasteiger partial charge on any atom is 0.123 e. The molecule has 0 aromatic heterocycles. The van der Waals surface area contributed by atoms with Gasteiger partial charge in [-0.05, 0) is 41.5 Å². The molecule has 2 aromatic rings. The van der Waals surface area contributed by atoms with E-state index in [9.17, 15) is 9.50 Å². The van der Waals surface area contributed by atoms with Gasteiger partial charge in [0, 0.05) is 15.4 Å². The van der Waals surface area contributed by atoms with E-state index in [-0.39, 0.29) is 5.82 Å². The molecule has 0 aliphatic rings. The fourth-order valence-corrected chi connectivity index (χ4v) is 2.38. The molecule has 0 bridgehead atoms. The second-order valence-electron chi connectivity index (χ2n) is 4.01. The van der Waals surface area contributed by atoms with Crippen LogP contribution in [0.5, 0.6) is 0 Å². The van der Waals surface area contributed by atoms with Gasteiger partial charge in [0.15, 0.2) is 0 Å². The second-order valence-corrected chi connectivity index (χ2v) is 5.78. The maximum absolute atomic E-state index is 13.1. The number of hydrogen-bond acceptors (Lipinski definition) is 1. The predicted molar refractivity (Wildman–Crippen MR) is 76.9 cm³/mol. The molecule has 0 saturated heterocycles. The van der Waals surface area contributed by atoms with Gasteiger partial charge < -0.3 is 5.11 Å². The Bertz CT molecular complexity index is 540. The fourth-order valence-electron chi connectivity index (χ4n) is 1.71. The summed E-state index contributed by atoms with van der Waals surface area (Å²) in [6, 6.07) is 11.9. The zero-order valence-electron chi connectivity index (χ0n) is 9.41. The maximum atomic E-state index is 13.1. The first kappa shape index (κ1) is 13.7. The molecule has 0 heterocycles. The third-order valence-electron chi connectivity index (χ3n) is 2.68. The van der Waals surface area contributed by atoms with E-state index in [1.165, 1.54) is 12.1 Å². The molecule has 4 heteroatoms. The van der Waals surface area contributed by atoms with Crippen LogP contribution in [0.25, 0.3) is 0 Å². The number of halogens is 3. The normalized spacial score (nSPS) is 12.4. The van der Waals surface area contributed by atoms with E-state index in [1.807, 2.05) is 24.3 Å². The molecule has 1 atom stereocenters. The topological polar surface area (TPSA) is 20.2 Å². The van der Waals surface area contributed by atoms with E-state index in [0.717, 1.165) is 20.1 Å². The van der Waals surface area contributed by atoms with Crippen LogP contribution in [-0.2, 0) is 6.42 Å². The average molecular weight is 374 g/mol. The molecule has 0 aliphatic heterocycles. The van der Waals surface area contributed by atoms with E-state index < -0.39 is 6.10 Å². The van der Waals surface area contributed by atoms with Crippen molar-refractivity contribution in [2.24, 2.45) is 0 Å². The smallest absolute Gasteiger partial charge is 0.123 e. The number of benzene rings is 2. The lowest BCUT2D eigenvalue weighted by atomic mass is 10.0. The SMILES string of the molecule is OC(Cc1cc(F)ccc1Br)c1ccc(Br)cc1. The Hall–Kier alpha value is -0.710. The van der Waals surface area contributed by atoms with E-state index in [2.05, 4.69) is 31.9 Å². The van der Waals surface area contributed by atoms with Gasteiger partial charge in [0.2, 0.25) is 0 Å². The minimum atomic E-state index is -0.642. The molecule has 1 unspecified atom stereocenters. The van der Waals surface area contributed by atoms with Crippen molar-refractivity contribution in [3.05, 3.63) is 68.4 Å². The van der Waals surface area contributed by atoms with Gasteiger partial charge in [-0.2, -0.15) is 0 Å². The molecule has 0 saturated carbocycles. The first-order valence-electron chi connectivity index (χ1n) is 5.44. The highest BCUT2D eigenvalue weighted by Crippen LogP contribution is 2.25. The van der Waals surface area contributed by atoms with E-state index in [4.69, 9.17) is 0 Å². The molecule has 0 fully saturated rings. The number of rotatable bonds is 3. The summed E-state index contributed by atoms with van der Waals surface area (Å²) in [7, 11) is 0. The van der Waals surface area contributed by atoms with Crippen LogP contribution in [0.2, 0.25) is 0 Å². The van der Waals surface area contributed by atoms with Crippen molar-refractivity contribution >= 4 is 31.9 Å². The summed E-state index contributed by atoms with van der Waals surface area (Å²) in [6.45, 7) is 0. The molecule has 2 aromatic carbocycles. The van der Waals surface area contributed by atoms with Gasteiger partial charge in [0.1, 0.15) is 5.82 Å². The average Bonchev–Trinajstić information content (AvgIpc) is 2.34. The third kappa shape index (κ3) is 3.40. The highest BCUT2D eigenvalue weighted by atomic mass is 79.9. The second kappa shape index (κ2) is 5.95. The molecule has 0 spiro atoms. The van der Waals surface area contributed by atoms with Crippen molar-refractivity contribution in [1.82, 2.24) is 0 Å². The summed E-state index contributed by atoms with van der Waals surface area (Å²) < 4.78 is 14.9. The van der Waals surface area contributed by atoms with E-state index in [0.29, 0.717) is 6.42 Å². The van der Waals surface area contributed by atoms with Crippen molar-refractivity contribution in [2.75, 3.05) is 0 Å². The van der Waals surface area contributed by atoms with Crippen LogP contribution < -0.4 is 0 Å². The first-order valence-corrected chi connectivity index (χ1v) is 7.02. The lowest BCUT2D eigenvalue weighted by Crippen LogP contribution is -2.02. The Morgan fingerprint density at radius 3 is 2.39 bits per heavy atom. The van der Waals surface area contributed by atoms with Gasteiger partial charge in [-0.3, -0.25) is 0 Å². The molecule has 1 N–H and O–H groups in total. The summed E-state index contributed by atoms with van der Waals surface area (Å²) in [5.41, 5.74) is 1.57. The Balaban J connectivity index is 2.18. The minimum absolute atomic E-state index is 0.295. The third-order valence-corrected chi connectivity index (χ3v) is 3.98. The number of hydrogen-bond donors (Lipinski definition) is 1. The molecule has 94 valence electrons. The van der Waals surface area contributed by atoms with Gasteiger partial charge in [-0.15, -0.1) is 0 Å². The van der Waals surface area contributed by atoms with Crippen molar-refractivity contribution in [3.8, 4) is 0 Å². The van der Waals surface area contributed by atoms with Crippen LogP contribution in [-0.4, -0.2) is 5.11 Å². The predicted octanol–water partition coefficient (Wildman–Crippen LogP) is 4.63. The molecule has 0 amide bonds. The highest BCUT2D eigenvalue weighted by Gasteiger charge is 2.11. The van der Waals surface area contributed by atoms with Gasteiger partial charge >= 0.3 is 0 Å². The summed E-state index contributed by atoms with van der Waals surface area (Å²) in [5, 5.41) is 10.1. The fraction of sp³-hybridized carbons (Fsp3) is 0.143. The van der Waals surface area contributed by atoms with Crippen molar-refractivity contribution in [1.29, 1.82) is 0 Å². The molecular weight excluding hydrogens is 363 g/mol. The Morgan fingerprint density at radius 1 is 1.06 bits per heavy atom. The van der Waals surface area contributed by atoms with E-state index in [1.54, 1.807) is 6.07 Å². The van der Waals surface area contributed by atoms with Crippen LogP contribution in [0.1, 0.15) is 17.2 Å². The standard InChI is InChI=1S/C14H11Br2FO/c15-11-3-1-9(2-4-11)14(18)8-10-7-12(17)5-6-13(10)16/h1-7,14,18H,8H2. The summed E-state index contributed by atoms with van der Waals surface area (Å²) in [4.78, 5) is 0. The van der Waals surface area contributed by atoms with Crippen LogP contribution >= 0.6 is 31.9 Å². The quantitative estimate of drug-likeness (QED) is 0.831. The zero-order valence-corrected chi connectivity index (χ0v) is 12.6. The Labute approximate surface area is 122 Å². The van der Waals surface area contributed by atoms with Crippen LogP contribution in [0.15, 0.2) is 51.4 Å². The largest absolute Gasteiger partial charge is 0.388 e. The highest BCUT2D eigenvalue weighted by molar-refractivity contribution is 9.10. The van der Waals surface area contributed by atoms with Gasteiger partial charge in [-0.25, -0.2) is 4.39 Å². The molecule has 1 nitrogen and oxygen atoms in total. The van der Waals surface area contributed by atoms with Crippen LogP contribution in [0.4, 0.5) is 4.39 Å². The number of aliphatic hydroxyl groups is 1. The van der Waals surface area contributed by atoms with Crippen molar-refractivity contribution in [3.63, 3.8) is 0 Å². The van der Waals surface area contributed by atoms with Gasteiger partial charge in [0.25, 0.3) is 0 Å². The van der Waals surface area contributed by atoms with Gasteiger partial charge in [0.05, 0.1) is 6.10 Å². The van der Waals surface area contributed by atoms with Crippen LogP contribution in [0.3, 0.4) is 0 Å². The molecule has 0 aliphatic carbocycles. The van der Waals surface area contributed by atoms with E-state index >= 15 is 0 Å². The molecule has 0 radical (unpaired) electrons. The summed E-state index contributed by atoms with van der Waals surface area (Å²) in [5.74, 6) is -0.295. The molecule has 2 rings (SSSR count). The van der Waals surface area contributed by atoms with Crippen LogP contribution in [0, 0.1) is 5.82 Å². The number of aliphatic hydroxyl groups excluding tert-OH is 1. The zero-order chi connectivity index (χ0) is 13.1. The first-order chi connectivity index (χ1) is 8.56. The minimum Gasteiger partial charge on any atom is -0.388 e. The summed E-state index contributed by atoms with van der Waals surface area (Å²) in [6.07, 6.45) is -0.267. The lowest BCUT2D eigenvalue weighted by Gasteiger charge is -2.12. The Morgan fingerprint density at radius 2 is 1.72 bits per heavy atom.